The molecule has 0 spiro atoms. The zero-order valence-electron chi connectivity index (χ0n) is 13.7. The molecule has 0 saturated carbocycles. The van der Waals surface area contributed by atoms with Crippen LogP contribution in [-0.4, -0.2) is 9.91 Å². The van der Waals surface area contributed by atoms with Gasteiger partial charge in [-0.05, 0) is 28.5 Å². The van der Waals surface area contributed by atoms with Crippen molar-refractivity contribution in [2.75, 3.05) is 0 Å². The summed E-state index contributed by atoms with van der Waals surface area (Å²) in [7, 11) is 0. The molecule has 3 aromatic rings. The fraction of sp³-hybridized carbons (Fsp3) is 0.136. The van der Waals surface area contributed by atoms with E-state index < -0.39 is 4.75 Å². The molecular formula is C22H21OS+. The molecule has 3 aromatic carbocycles. The van der Waals surface area contributed by atoms with Gasteiger partial charge in [0.15, 0.2) is 0 Å². The number of hydrogen-bond donors (Lipinski definition) is 0. The van der Waals surface area contributed by atoms with Crippen molar-refractivity contribution in [2.45, 2.75) is 18.1 Å². The van der Waals surface area contributed by atoms with Crippen LogP contribution in [0.15, 0.2) is 91.0 Å². The minimum absolute atomic E-state index is 0.437. The molecule has 0 bridgehead atoms. The first-order valence-corrected chi connectivity index (χ1v) is 8.99. The zero-order valence-corrected chi connectivity index (χ0v) is 14.5. The van der Waals surface area contributed by atoms with Crippen LogP contribution in [0.3, 0.4) is 0 Å². The van der Waals surface area contributed by atoms with Gasteiger partial charge in [-0.25, -0.2) is 0 Å². The predicted octanol–water partition coefficient (Wildman–Crippen LogP) is 5.62. The summed E-state index contributed by atoms with van der Waals surface area (Å²) in [6, 6.07) is 31.2. The van der Waals surface area contributed by atoms with E-state index in [1.807, 2.05) is 25.1 Å². The minimum atomic E-state index is -0.468. The second kappa shape index (κ2) is 7.50. The summed E-state index contributed by atoms with van der Waals surface area (Å²) in [5.74, 6) is 0. The molecule has 1 N–H and O–H groups in total. The molecule has 1 nitrogen and oxygen atoms in total. The van der Waals surface area contributed by atoms with Gasteiger partial charge in [0.1, 0.15) is 4.75 Å². The van der Waals surface area contributed by atoms with Gasteiger partial charge in [-0.2, -0.15) is 0 Å². The van der Waals surface area contributed by atoms with Crippen LogP contribution in [0.2, 0.25) is 0 Å². The van der Waals surface area contributed by atoms with Gasteiger partial charge < -0.3 is 0 Å². The van der Waals surface area contributed by atoms with E-state index in [1.54, 1.807) is 0 Å². The Morgan fingerprint density at radius 1 is 0.708 bits per heavy atom. The van der Waals surface area contributed by atoms with Gasteiger partial charge >= 0.3 is 5.12 Å². The van der Waals surface area contributed by atoms with Gasteiger partial charge in [-0.1, -0.05) is 97.9 Å². The van der Waals surface area contributed by atoms with Crippen molar-refractivity contribution in [1.82, 2.24) is 0 Å². The fourth-order valence-corrected chi connectivity index (χ4v) is 4.20. The maximum absolute atomic E-state index is 10.5. The molecule has 0 radical (unpaired) electrons. The van der Waals surface area contributed by atoms with Crippen LogP contribution in [0.1, 0.15) is 30.0 Å². The number of carbonyl (C=O) groups excluding carboxylic acids is 1. The molecule has 0 unspecified atom stereocenters. The molecule has 0 aromatic heterocycles. The average molecular weight is 333 g/mol. The highest BCUT2D eigenvalue weighted by Crippen LogP contribution is 2.48. The Morgan fingerprint density at radius 2 is 1.04 bits per heavy atom. The van der Waals surface area contributed by atoms with Crippen molar-refractivity contribution < 1.29 is 4.79 Å². The molecule has 0 saturated heterocycles. The fourth-order valence-electron chi connectivity index (χ4n) is 2.94. The number of benzene rings is 3. The number of hydrogen-bond acceptors (Lipinski definition) is 1. The molecule has 0 atom stereocenters. The average Bonchev–Trinajstić information content (AvgIpc) is 2.68. The van der Waals surface area contributed by atoms with Gasteiger partial charge in [-0.3, -0.25) is 4.79 Å². The van der Waals surface area contributed by atoms with Gasteiger partial charge in [0.2, 0.25) is 0 Å². The summed E-state index contributed by atoms with van der Waals surface area (Å²) >= 11 is 1.52. The third-order valence-corrected chi connectivity index (χ3v) is 5.65. The Hall–Kier alpha value is -2.32. The van der Waals surface area contributed by atoms with Crippen molar-refractivity contribution in [3.8, 4) is 0 Å². The number of rotatable bonds is 5. The summed E-state index contributed by atoms with van der Waals surface area (Å²) in [4.78, 5) is 10.5. The lowest BCUT2D eigenvalue weighted by Gasteiger charge is -2.33. The first-order chi connectivity index (χ1) is 11.8. The SMILES string of the molecule is CCC(=[OH+])SC(c1ccccc1)(c1ccccc1)c1ccccc1. The van der Waals surface area contributed by atoms with E-state index in [0.29, 0.717) is 11.5 Å². The molecule has 0 aliphatic rings. The van der Waals surface area contributed by atoms with Crippen molar-refractivity contribution in [3.63, 3.8) is 0 Å². The Labute approximate surface area is 147 Å². The standard InChI is InChI=1S/C22H20OS/c1-2-21(23)24-22(18-12-6-3-7-13-18,19-14-8-4-9-15-19)20-16-10-5-11-17-20/h3-17H,2H2,1H3/p+1. The second-order valence-corrected chi connectivity index (χ2v) is 6.92. The van der Waals surface area contributed by atoms with Crippen LogP contribution in [0.4, 0.5) is 0 Å². The van der Waals surface area contributed by atoms with Crippen LogP contribution in [0.5, 0.6) is 0 Å². The Bertz CT molecular complexity index is 685. The first-order valence-electron chi connectivity index (χ1n) is 8.17. The quantitative estimate of drug-likeness (QED) is 0.438. The van der Waals surface area contributed by atoms with E-state index in [9.17, 15) is 4.79 Å². The Balaban J connectivity index is 2.30. The van der Waals surface area contributed by atoms with Crippen molar-refractivity contribution >= 4 is 16.9 Å². The van der Waals surface area contributed by atoms with Crippen molar-refractivity contribution in [2.24, 2.45) is 0 Å². The molecule has 120 valence electrons. The molecule has 2 heteroatoms. The molecule has 3 rings (SSSR count). The first kappa shape index (κ1) is 16.5. The summed E-state index contributed by atoms with van der Waals surface area (Å²) in [5.41, 5.74) is 3.48. The van der Waals surface area contributed by atoms with E-state index in [1.165, 1.54) is 11.8 Å². The van der Waals surface area contributed by atoms with Crippen LogP contribution in [0, 0.1) is 0 Å². The van der Waals surface area contributed by atoms with Gasteiger partial charge in [0.05, 0.1) is 6.42 Å². The van der Waals surface area contributed by atoms with E-state index in [4.69, 9.17) is 0 Å². The van der Waals surface area contributed by atoms with E-state index >= 15 is 0 Å². The van der Waals surface area contributed by atoms with E-state index in [-0.39, 0.29) is 0 Å². The normalized spacial score (nSPS) is 11.2. The van der Waals surface area contributed by atoms with Crippen molar-refractivity contribution in [3.05, 3.63) is 108 Å². The third kappa shape index (κ3) is 3.15. The second-order valence-electron chi connectivity index (χ2n) is 5.63. The molecule has 0 fully saturated rings. The smallest absolute Gasteiger partial charge is 0.272 e. The lowest BCUT2D eigenvalue weighted by molar-refractivity contribution is 0.675. The van der Waals surface area contributed by atoms with Crippen LogP contribution >= 0.6 is 11.8 Å². The summed E-state index contributed by atoms with van der Waals surface area (Å²) in [6.07, 6.45) is 0.624. The lowest BCUT2D eigenvalue weighted by atomic mass is 9.84. The van der Waals surface area contributed by atoms with Crippen LogP contribution in [0.25, 0.3) is 0 Å². The summed E-state index contributed by atoms with van der Waals surface area (Å²) in [6.45, 7) is 1.98. The monoisotopic (exact) mass is 333 g/mol. The Morgan fingerprint density at radius 3 is 1.33 bits per heavy atom. The maximum Gasteiger partial charge on any atom is 0.352 e. The molecular weight excluding hydrogens is 312 g/mol. The summed E-state index contributed by atoms with van der Waals surface area (Å²) < 4.78 is -0.468. The molecule has 24 heavy (non-hydrogen) atoms. The molecule has 0 amide bonds. The maximum atomic E-state index is 10.5. The van der Waals surface area contributed by atoms with E-state index in [0.717, 1.165) is 16.7 Å². The van der Waals surface area contributed by atoms with Gasteiger partial charge in [0.25, 0.3) is 0 Å². The number of thioether (sulfide) groups is 1. The largest absolute Gasteiger partial charge is 0.352 e. The zero-order chi connectivity index (χ0) is 16.8. The molecule has 0 aliphatic carbocycles. The third-order valence-electron chi connectivity index (χ3n) is 4.11. The summed E-state index contributed by atoms with van der Waals surface area (Å²) in [5, 5.41) is 0.437. The van der Waals surface area contributed by atoms with Crippen molar-refractivity contribution in [1.29, 1.82) is 0 Å². The minimum Gasteiger partial charge on any atom is -0.272 e. The van der Waals surface area contributed by atoms with Gasteiger partial charge in [0, 0.05) is 0 Å². The van der Waals surface area contributed by atoms with E-state index in [2.05, 4.69) is 72.8 Å². The van der Waals surface area contributed by atoms with Gasteiger partial charge in [-0.15, -0.1) is 0 Å². The lowest BCUT2D eigenvalue weighted by Crippen LogP contribution is -2.27. The highest BCUT2D eigenvalue weighted by atomic mass is 32.2. The predicted molar refractivity (Wildman–Crippen MR) is 104 cm³/mol. The Kier molecular flexibility index (Phi) is 5.17. The highest BCUT2D eigenvalue weighted by Gasteiger charge is 2.40. The van der Waals surface area contributed by atoms with Crippen LogP contribution < -0.4 is 0 Å². The van der Waals surface area contributed by atoms with Crippen LogP contribution in [-0.2, 0) is 4.75 Å². The topological polar surface area (TPSA) is 21.4 Å². The molecule has 0 aliphatic heterocycles. The molecule has 0 heterocycles. The highest BCUT2D eigenvalue weighted by molar-refractivity contribution is 8.14.